The molecule has 2 atom stereocenters. The molecule has 3 N–H and O–H groups in total. The van der Waals surface area contributed by atoms with Crippen molar-refractivity contribution in [2.75, 3.05) is 18.2 Å². The number of hydrogen-bond acceptors (Lipinski definition) is 5. The predicted octanol–water partition coefficient (Wildman–Crippen LogP) is 3.15. The fourth-order valence-electron chi connectivity index (χ4n) is 3.21. The number of nitrogen functional groups attached to an aromatic ring is 1. The number of nitrogens with one attached hydrogen (secondary N) is 1. The highest BCUT2D eigenvalue weighted by atomic mass is 19.1. The van der Waals surface area contributed by atoms with Gasteiger partial charge < -0.3 is 15.8 Å². The third-order valence-electron chi connectivity index (χ3n) is 4.48. The molecule has 3 aromatic rings. The summed E-state index contributed by atoms with van der Waals surface area (Å²) in [4.78, 5) is 4.27. The molecular weight excluding hydrogens is 321 g/mol. The van der Waals surface area contributed by atoms with Gasteiger partial charge in [-0.3, -0.25) is 0 Å². The zero-order chi connectivity index (χ0) is 17.4. The van der Waals surface area contributed by atoms with Crippen LogP contribution >= 0.6 is 0 Å². The molecule has 1 aliphatic rings. The Morgan fingerprint density at radius 3 is 2.48 bits per heavy atom. The van der Waals surface area contributed by atoms with E-state index in [0.29, 0.717) is 5.95 Å². The number of aromatic nitrogens is 3. The SMILES string of the molecule is COc1ccc([C@H]2C[C@H](c3ccc(F)cc3)n3nc(N)nc3N2)cc1. The van der Waals surface area contributed by atoms with Gasteiger partial charge >= 0.3 is 0 Å². The molecule has 128 valence electrons. The van der Waals surface area contributed by atoms with Gasteiger partial charge in [-0.05, 0) is 41.8 Å². The average Bonchev–Trinajstić information content (AvgIpc) is 3.02. The maximum atomic E-state index is 13.3. The Morgan fingerprint density at radius 2 is 1.80 bits per heavy atom. The fourth-order valence-corrected chi connectivity index (χ4v) is 3.21. The lowest BCUT2D eigenvalue weighted by molar-refractivity contribution is 0.413. The van der Waals surface area contributed by atoms with E-state index in [2.05, 4.69) is 15.4 Å². The van der Waals surface area contributed by atoms with E-state index in [0.717, 1.165) is 23.3 Å². The van der Waals surface area contributed by atoms with Crippen LogP contribution in [0.1, 0.15) is 29.6 Å². The summed E-state index contributed by atoms with van der Waals surface area (Å²) in [6.45, 7) is 0. The van der Waals surface area contributed by atoms with Crippen molar-refractivity contribution in [2.45, 2.75) is 18.5 Å². The number of fused-ring (bicyclic) bond motifs is 1. The van der Waals surface area contributed by atoms with E-state index in [9.17, 15) is 4.39 Å². The number of rotatable bonds is 3. The Bertz CT molecular complexity index is 875. The van der Waals surface area contributed by atoms with E-state index in [1.54, 1.807) is 23.9 Å². The van der Waals surface area contributed by atoms with Gasteiger partial charge in [-0.15, -0.1) is 5.10 Å². The maximum Gasteiger partial charge on any atom is 0.241 e. The van der Waals surface area contributed by atoms with Crippen molar-refractivity contribution in [3.8, 4) is 5.75 Å². The summed E-state index contributed by atoms with van der Waals surface area (Å²) >= 11 is 0. The second-order valence-electron chi connectivity index (χ2n) is 6.01. The number of methoxy groups -OCH3 is 1. The van der Waals surface area contributed by atoms with Crippen LogP contribution in [0.25, 0.3) is 0 Å². The fraction of sp³-hybridized carbons (Fsp3) is 0.222. The van der Waals surface area contributed by atoms with Crippen LogP contribution in [0.4, 0.5) is 16.3 Å². The third-order valence-corrected chi connectivity index (χ3v) is 4.48. The highest BCUT2D eigenvalue weighted by Gasteiger charge is 2.30. The Kier molecular flexibility index (Phi) is 3.76. The minimum absolute atomic E-state index is 0.0389. The number of nitrogens with two attached hydrogens (primary N) is 1. The molecule has 25 heavy (non-hydrogen) atoms. The molecule has 0 saturated heterocycles. The van der Waals surface area contributed by atoms with Crippen LogP contribution in [0.5, 0.6) is 5.75 Å². The molecule has 0 radical (unpaired) electrons. The van der Waals surface area contributed by atoms with Gasteiger partial charge in [0.15, 0.2) is 0 Å². The summed E-state index contributed by atoms with van der Waals surface area (Å²) in [5.41, 5.74) is 7.86. The van der Waals surface area contributed by atoms with Crippen molar-refractivity contribution >= 4 is 11.9 Å². The minimum Gasteiger partial charge on any atom is -0.497 e. The summed E-state index contributed by atoms with van der Waals surface area (Å²) in [6.07, 6.45) is 0.744. The van der Waals surface area contributed by atoms with E-state index in [4.69, 9.17) is 10.5 Å². The largest absolute Gasteiger partial charge is 0.497 e. The zero-order valence-corrected chi connectivity index (χ0v) is 13.7. The van der Waals surface area contributed by atoms with Crippen LogP contribution in [0.3, 0.4) is 0 Å². The molecule has 0 amide bonds. The van der Waals surface area contributed by atoms with Gasteiger partial charge in [0.05, 0.1) is 19.2 Å². The van der Waals surface area contributed by atoms with Crippen LogP contribution in [-0.4, -0.2) is 21.9 Å². The Balaban J connectivity index is 1.71. The van der Waals surface area contributed by atoms with E-state index in [1.807, 2.05) is 24.3 Å². The first kappa shape index (κ1) is 15.4. The van der Waals surface area contributed by atoms with Crippen molar-refractivity contribution in [3.63, 3.8) is 0 Å². The molecule has 1 aromatic heterocycles. The molecule has 0 spiro atoms. The smallest absolute Gasteiger partial charge is 0.241 e. The van der Waals surface area contributed by atoms with Crippen LogP contribution in [0.15, 0.2) is 48.5 Å². The molecule has 0 aliphatic carbocycles. The molecule has 1 aliphatic heterocycles. The van der Waals surface area contributed by atoms with E-state index in [1.165, 1.54) is 12.1 Å². The van der Waals surface area contributed by atoms with Crippen molar-refractivity contribution in [1.82, 2.24) is 14.8 Å². The van der Waals surface area contributed by atoms with Crippen LogP contribution in [0, 0.1) is 5.82 Å². The van der Waals surface area contributed by atoms with Crippen molar-refractivity contribution < 1.29 is 9.13 Å². The van der Waals surface area contributed by atoms with Crippen LogP contribution < -0.4 is 15.8 Å². The average molecular weight is 339 g/mol. The van der Waals surface area contributed by atoms with Gasteiger partial charge in [0.1, 0.15) is 11.6 Å². The van der Waals surface area contributed by atoms with Gasteiger partial charge in [-0.1, -0.05) is 24.3 Å². The molecule has 2 heterocycles. The Hall–Kier alpha value is -3.09. The molecule has 2 aromatic carbocycles. The molecular formula is C18H18FN5O. The number of hydrogen-bond donors (Lipinski definition) is 2. The lowest BCUT2D eigenvalue weighted by atomic mass is 9.93. The quantitative estimate of drug-likeness (QED) is 0.766. The number of benzene rings is 2. The molecule has 0 bridgehead atoms. The topological polar surface area (TPSA) is 78.0 Å². The Labute approximate surface area is 144 Å². The van der Waals surface area contributed by atoms with Crippen molar-refractivity contribution in [2.24, 2.45) is 0 Å². The second-order valence-corrected chi connectivity index (χ2v) is 6.01. The summed E-state index contributed by atoms with van der Waals surface area (Å²) < 4.78 is 20.3. The van der Waals surface area contributed by atoms with Gasteiger partial charge in [-0.2, -0.15) is 4.98 Å². The van der Waals surface area contributed by atoms with Gasteiger partial charge in [0, 0.05) is 0 Å². The van der Waals surface area contributed by atoms with Crippen LogP contribution in [0.2, 0.25) is 0 Å². The number of anilines is 2. The molecule has 0 unspecified atom stereocenters. The van der Waals surface area contributed by atoms with E-state index in [-0.39, 0.29) is 23.8 Å². The lowest BCUT2D eigenvalue weighted by Gasteiger charge is -2.31. The summed E-state index contributed by atoms with van der Waals surface area (Å²) in [5, 5.41) is 7.67. The summed E-state index contributed by atoms with van der Waals surface area (Å²) in [6, 6.07) is 14.3. The highest BCUT2D eigenvalue weighted by molar-refractivity contribution is 5.42. The maximum absolute atomic E-state index is 13.3. The van der Waals surface area contributed by atoms with E-state index >= 15 is 0 Å². The van der Waals surface area contributed by atoms with E-state index < -0.39 is 0 Å². The zero-order valence-electron chi connectivity index (χ0n) is 13.7. The summed E-state index contributed by atoms with van der Waals surface area (Å²) in [5.74, 6) is 1.37. The third kappa shape index (κ3) is 2.88. The molecule has 0 saturated carbocycles. The second kappa shape index (κ2) is 6.08. The first-order valence-corrected chi connectivity index (χ1v) is 8.02. The monoisotopic (exact) mass is 339 g/mol. The molecule has 4 rings (SSSR count). The number of ether oxygens (including phenoxy) is 1. The standard InChI is InChI=1S/C18H18FN5O/c1-25-14-8-4-11(5-9-14)15-10-16(12-2-6-13(19)7-3-12)24-18(21-15)22-17(20)23-24/h2-9,15-16H,10H2,1H3,(H3,20,21,22,23)/t15-,16-/m1/s1. The molecule has 0 fully saturated rings. The van der Waals surface area contributed by atoms with Gasteiger partial charge in [0.25, 0.3) is 0 Å². The van der Waals surface area contributed by atoms with Crippen molar-refractivity contribution in [1.29, 1.82) is 0 Å². The van der Waals surface area contributed by atoms with Crippen LogP contribution in [-0.2, 0) is 0 Å². The van der Waals surface area contributed by atoms with Gasteiger partial charge in [-0.25, -0.2) is 9.07 Å². The minimum atomic E-state index is -0.261. The Morgan fingerprint density at radius 1 is 1.12 bits per heavy atom. The molecule has 7 heteroatoms. The first-order chi connectivity index (χ1) is 12.1. The van der Waals surface area contributed by atoms with Crippen molar-refractivity contribution in [3.05, 3.63) is 65.5 Å². The first-order valence-electron chi connectivity index (χ1n) is 8.02. The highest BCUT2D eigenvalue weighted by Crippen LogP contribution is 2.38. The van der Waals surface area contributed by atoms with Gasteiger partial charge in [0.2, 0.25) is 11.9 Å². The predicted molar refractivity (Wildman–Crippen MR) is 92.9 cm³/mol. The number of halogens is 1. The lowest BCUT2D eigenvalue weighted by Crippen LogP contribution is -2.28. The molecule has 6 nitrogen and oxygen atoms in total. The summed E-state index contributed by atoms with van der Waals surface area (Å²) in [7, 11) is 1.64. The number of nitrogens with zero attached hydrogens (tertiary/aromatic N) is 3. The normalized spacial score (nSPS) is 19.1.